The molecule has 33 heavy (non-hydrogen) atoms. The smallest absolute Gasteiger partial charge is 0.243 e. The standard InChI is InChI=1S/C25H29N3O4S/c1-2-24(29)26-20-10-6-7-15-28(17-20)33(31,32)21-13-11-19(12-14-21)27-25(30)23-16-22(23)18-8-4-3-5-9-18/h2-5,8-9,11-14,20,22-23H,1,6-7,10,15-17H2,(H,26,29)(H,27,30). The van der Waals surface area contributed by atoms with Crippen LogP contribution in [-0.2, 0) is 19.6 Å². The molecule has 2 aromatic carbocycles. The van der Waals surface area contributed by atoms with Gasteiger partial charge in [0.1, 0.15) is 0 Å². The van der Waals surface area contributed by atoms with Crippen LogP contribution in [0, 0.1) is 5.92 Å². The molecular weight excluding hydrogens is 438 g/mol. The summed E-state index contributed by atoms with van der Waals surface area (Å²) in [5, 5.41) is 5.72. The van der Waals surface area contributed by atoms with Crippen LogP contribution in [0.3, 0.4) is 0 Å². The molecule has 4 rings (SSSR count). The number of nitrogens with zero attached hydrogens (tertiary/aromatic N) is 1. The second kappa shape index (κ2) is 9.89. The summed E-state index contributed by atoms with van der Waals surface area (Å²) in [6.07, 6.45) is 4.31. The Hall–Kier alpha value is -2.97. The van der Waals surface area contributed by atoms with E-state index in [1.165, 1.54) is 28.1 Å². The fourth-order valence-electron chi connectivity index (χ4n) is 4.35. The minimum absolute atomic E-state index is 0.0484. The molecule has 2 aromatic rings. The molecular formula is C25H29N3O4S. The van der Waals surface area contributed by atoms with Crippen molar-refractivity contribution in [3.05, 3.63) is 72.8 Å². The van der Waals surface area contributed by atoms with Crippen molar-refractivity contribution >= 4 is 27.5 Å². The number of anilines is 1. The first-order chi connectivity index (χ1) is 15.9. The first-order valence-corrected chi connectivity index (χ1v) is 12.7. The van der Waals surface area contributed by atoms with Crippen molar-refractivity contribution < 1.29 is 18.0 Å². The lowest BCUT2D eigenvalue weighted by Crippen LogP contribution is -2.44. The summed E-state index contributed by atoms with van der Waals surface area (Å²) < 4.78 is 27.8. The quantitative estimate of drug-likeness (QED) is 0.611. The molecule has 3 atom stereocenters. The van der Waals surface area contributed by atoms with Crippen molar-refractivity contribution in [2.45, 2.75) is 42.5 Å². The summed E-state index contributed by atoms with van der Waals surface area (Å²) in [4.78, 5) is 24.4. The highest BCUT2D eigenvalue weighted by atomic mass is 32.2. The third-order valence-electron chi connectivity index (χ3n) is 6.28. The van der Waals surface area contributed by atoms with Gasteiger partial charge in [0.2, 0.25) is 21.8 Å². The van der Waals surface area contributed by atoms with Crippen LogP contribution in [0.15, 0.2) is 72.1 Å². The van der Waals surface area contributed by atoms with E-state index in [9.17, 15) is 18.0 Å². The molecule has 8 heteroatoms. The van der Waals surface area contributed by atoms with Gasteiger partial charge in [0, 0.05) is 30.7 Å². The van der Waals surface area contributed by atoms with Crippen LogP contribution in [-0.4, -0.2) is 43.7 Å². The van der Waals surface area contributed by atoms with Gasteiger partial charge in [-0.25, -0.2) is 8.42 Å². The zero-order chi connectivity index (χ0) is 23.4. The van der Waals surface area contributed by atoms with Gasteiger partial charge < -0.3 is 10.6 Å². The summed E-state index contributed by atoms with van der Waals surface area (Å²) in [6, 6.07) is 16.0. The number of hydrogen-bond donors (Lipinski definition) is 2. The molecule has 0 radical (unpaired) electrons. The van der Waals surface area contributed by atoms with E-state index in [2.05, 4.69) is 17.2 Å². The third kappa shape index (κ3) is 5.51. The predicted molar refractivity (Wildman–Crippen MR) is 127 cm³/mol. The molecule has 0 aromatic heterocycles. The fourth-order valence-corrected chi connectivity index (χ4v) is 5.87. The molecule has 2 fully saturated rings. The first-order valence-electron chi connectivity index (χ1n) is 11.3. The summed E-state index contributed by atoms with van der Waals surface area (Å²) in [5.74, 6) is -0.170. The van der Waals surface area contributed by atoms with E-state index in [1.54, 1.807) is 12.1 Å². The topological polar surface area (TPSA) is 95.6 Å². The molecule has 0 spiro atoms. The largest absolute Gasteiger partial charge is 0.349 e. The van der Waals surface area contributed by atoms with Gasteiger partial charge in [0.25, 0.3) is 0 Å². The Labute approximate surface area is 194 Å². The minimum atomic E-state index is -3.71. The zero-order valence-corrected chi connectivity index (χ0v) is 19.3. The van der Waals surface area contributed by atoms with Crippen LogP contribution in [0.4, 0.5) is 5.69 Å². The van der Waals surface area contributed by atoms with Gasteiger partial charge in [-0.3, -0.25) is 9.59 Å². The SMILES string of the molecule is C=CC(=O)NC1CCCCN(S(=O)(=O)c2ccc(NC(=O)C3CC3c3ccccc3)cc2)C1. The summed E-state index contributed by atoms with van der Waals surface area (Å²) in [7, 11) is -3.71. The second-order valence-electron chi connectivity index (χ2n) is 8.64. The van der Waals surface area contributed by atoms with E-state index < -0.39 is 10.0 Å². The van der Waals surface area contributed by atoms with Crippen LogP contribution in [0.5, 0.6) is 0 Å². The Morgan fingerprint density at radius 1 is 1.03 bits per heavy atom. The number of carbonyl (C=O) groups is 2. The van der Waals surface area contributed by atoms with Crippen LogP contribution < -0.4 is 10.6 Å². The monoisotopic (exact) mass is 467 g/mol. The number of nitrogens with one attached hydrogen (secondary N) is 2. The summed E-state index contributed by atoms with van der Waals surface area (Å²) in [6.45, 7) is 4.09. The van der Waals surface area contributed by atoms with Gasteiger partial charge in [-0.05, 0) is 61.1 Å². The maximum absolute atomic E-state index is 13.2. The van der Waals surface area contributed by atoms with Crippen molar-refractivity contribution in [3.8, 4) is 0 Å². The molecule has 3 unspecified atom stereocenters. The normalized spacial score (nSPS) is 23.2. The molecule has 1 saturated carbocycles. The molecule has 7 nitrogen and oxygen atoms in total. The average Bonchev–Trinajstić information content (AvgIpc) is 3.64. The Morgan fingerprint density at radius 3 is 2.45 bits per heavy atom. The lowest BCUT2D eigenvalue weighted by molar-refractivity contribution is -0.118. The number of benzene rings is 2. The van der Waals surface area contributed by atoms with E-state index in [1.807, 2.05) is 30.3 Å². The molecule has 2 aliphatic rings. The minimum Gasteiger partial charge on any atom is -0.349 e. The number of sulfonamides is 1. The molecule has 1 aliphatic carbocycles. The third-order valence-corrected chi connectivity index (χ3v) is 8.16. The van der Waals surface area contributed by atoms with E-state index in [4.69, 9.17) is 0 Å². The van der Waals surface area contributed by atoms with Crippen LogP contribution in [0.2, 0.25) is 0 Å². The summed E-state index contributed by atoms with van der Waals surface area (Å²) >= 11 is 0. The van der Waals surface area contributed by atoms with Gasteiger partial charge in [-0.15, -0.1) is 0 Å². The van der Waals surface area contributed by atoms with Crippen molar-refractivity contribution in [2.75, 3.05) is 18.4 Å². The van der Waals surface area contributed by atoms with Gasteiger partial charge in [-0.1, -0.05) is 43.3 Å². The number of amides is 2. The van der Waals surface area contributed by atoms with Crippen LogP contribution in [0.1, 0.15) is 37.2 Å². The Bertz CT molecular complexity index is 1120. The molecule has 174 valence electrons. The Kier molecular flexibility index (Phi) is 6.95. The van der Waals surface area contributed by atoms with Gasteiger partial charge >= 0.3 is 0 Å². The van der Waals surface area contributed by atoms with Crippen molar-refractivity contribution in [2.24, 2.45) is 5.92 Å². The van der Waals surface area contributed by atoms with Crippen molar-refractivity contribution in [1.82, 2.24) is 9.62 Å². The van der Waals surface area contributed by atoms with Gasteiger partial charge in [0.15, 0.2) is 0 Å². The molecule has 1 aliphatic heterocycles. The number of carbonyl (C=O) groups excluding carboxylic acids is 2. The van der Waals surface area contributed by atoms with Crippen LogP contribution in [0.25, 0.3) is 0 Å². The fraction of sp³-hybridized carbons (Fsp3) is 0.360. The molecule has 0 bridgehead atoms. The van der Waals surface area contributed by atoms with Crippen molar-refractivity contribution in [1.29, 1.82) is 0 Å². The highest BCUT2D eigenvalue weighted by Crippen LogP contribution is 2.47. The molecule has 1 heterocycles. The second-order valence-corrected chi connectivity index (χ2v) is 10.6. The highest BCUT2D eigenvalue weighted by Gasteiger charge is 2.43. The zero-order valence-electron chi connectivity index (χ0n) is 18.4. The predicted octanol–water partition coefficient (Wildman–Crippen LogP) is 3.27. The molecule has 1 saturated heterocycles. The lowest BCUT2D eigenvalue weighted by Gasteiger charge is -2.24. The van der Waals surface area contributed by atoms with E-state index in [-0.39, 0.29) is 41.1 Å². The molecule has 2 N–H and O–H groups in total. The number of rotatable bonds is 7. The van der Waals surface area contributed by atoms with Crippen LogP contribution >= 0.6 is 0 Å². The summed E-state index contributed by atoms with van der Waals surface area (Å²) in [5.41, 5.74) is 1.74. The van der Waals surface area contributed by atoms with Crippen molar-refractivity contribution in [3.63, 3.8) is 0 Å². The van der Waals surface area contributed by atoms with E-state index in [0.29, 0.717) is 12.2 Å². The Morgan fingerprint density at radius 2 is 1.76 bits per heavy atom. The first kappa shape index (κ1) is 23.2. The van der Waals surface area contributed by atoms with E-state index >= 15 is 0 Å². The van der Waals surface area contributed by atoms with Gasteiger partial charge in [-0.2, -0.15) is 4.31 Å². The van der Waals surface area contributed by atoms with E-state index in [0.717, 1.165) is 25.7 Å². The van der Waals surface area contributed by atoms with Gasteiger partial charge in [0.05, 0.1) is 4.90 Å². The maximum Gasteiger partial charge on any atom is 0.243 e. The average molecular weight is 468 g/mol. The Balaban J connectivity index is 1.39. The highest BCUT2D eigenvalue weighted by molar-refractivity contribution is 7.89. The maximum atomic E-state index is 13.2. The number of hydrogen-bond acceptors (Lipinski definition) is 4. The molecule has 2 amide bonds. The lowest BCUT2D eigenvalue weighted by atomic mass is 10.1.